The second kappa shape index (κ2) is 7.13. The van der Waals surface area contributed by atoms with Crippen LogP contribution in [-0.4, -0.2) is 32.2 Å². The Bertz CT molecular complexity index is 410. The van der Waals surface area contributed by atoms with Gasteiger partial charge in [0.05, 0.1) is 12.4 Å². The van der Waals surface area contributed by atoms with Crippen LogP contribution in [0.3, 0.4) is 0 Å². The van der Waals surface area contributed by atoms with Crippen molar-refractivity contribution in [2.45, 2.75) is 6.42 Å². The Morgan fingerprint density at radius 1 is 1.06 bits per heavy atom. The molecule has 1 heterocycles. The van der Waals surface area contributed by atoms with Crippen molar-refractivity contribution in [1.29, 1.82) is 0 Å². The molecule has 4 N–H and O–H groups in total. The molecule has 0 fully saturated rings. The predicted octanol–water partition coefficient (Wildman–Crippen LogP) is 0.471. The molecule has 6 heteroatoms. The standard InChI is InChI=1S/C8H11NO2.C3H3N3/c9-4-3-6-1-2-7(10)8(11)5-6;1-2-4-6-5-3-1/h1-2,5,10-11H,3-4,9H2;1-3H. The molecule has 0 bridgehead atoms. The van der Waals surface area contributed by atoms with Gasteiger partial charge in [-0.1, -0.05) is 6.07 Å². The van der Waals surface area contributed by atoms with Crippen molar-refractivity contribution in [2.75, 3.05) is 6.54 Å². The highest BCUT2D eigenvalue weighted by Gasteiger charge is 1.98. The fourth-order valence-electron chi connectivity index (χ4n) is 1.10. The van der Waals surface area contributed by atoms with E-state index in [0.29, 0.717) is 13.0 Å². The maximum atomic E-state index is 9.04. The molecular formula is C11H14N4O2. The molecule has 0 aliphatic rings. The summed E-state index contributed by atoms with van der Waals surface area (Å²) in [5, 5.41) is 28.1. The molecule has 90 valence electrons. The van der Waals surface area contributed by atoms with Gasteiger partial charge in [0.15, 0.2) is 11.5 Å². The molecule has 0 aliphatic carbocycles. The van der Waals surface area contributed by atoms with Crippen LogP contribution >= 0.6 is 0 Å². The first-order chi connectivity index (χ1) is 8.24. The van der Waals surface area contributed by atoms with Crippen LogP contribution in [0.2, 0.25) is 0 Å². The third kappa shape index (κ3) is 4.89. The van der Waals surface area contributed by atoms with Gasteiger partial charge in [0.25, 0.3) is 0 Å². The van der Waals surface area contributed by atoms with Crippen molar-refractivity contribution >= 4 is 0 Å². The first-order valence-corrected chi connectivity index (χ1v) is 5.03. The molecule has 0 saturated carbocycles. The van der Waals surface area contributed by atoms with Gasteiger partial charge in [-0.3, -0.25) is 0 Å². The van der Waals surface area contributed by atoms with Gasteiger partial charge in [0, 0.05) is 0 Å². The Kier molecular flexibility index (Phi) is 5.39. The number of hydrogen-bond donors (Lipinski definition) is 3. The summed E-state index contributed by atoms with van der Waals surface area (Å²) in [5.41, 5.74) is 6.24. The summed E-state index contributed by atoms with van der Waals surface area (Å²) in [5.74, 6) is -0.179. The van der Waals surface area contributed by atoms with Gasteiger partial charge in [-0.25, -0.2) is 0 Å². The van der Waals surface area contributed by atoms with Crippen molar-refractivity contribution in [3.63, 3.8) is 0 Å². The average molecular weight is 234 g/mol. The van der Waals surface area contributed by atoms with Crippen LogP contribution < -0.4 is 5.73 Å². The summed E-state index contributed by atoms with van der Waals surface area (Å²) >= 11 is 0. The van der Waals surface area contributed by atoms with Crippen molar-refractivity contribution in [3.8, 4) is 11.5 Å². The Balaban J connectivity index is 0.000000202. The first-order valence-electron chi connectivity index (χ1n) is 5.03. The van der Waals surface area contributed by atoms with Crippen LogP contribution in [0.4, 0.5) is 0 Å². The Morgan fingerprint density at radius 2 is 1.76 bits per heavy atom. The lowest BCUT2D eigenvalue weighted by atomic mass is 10.1. The first kappa shape index (κ1) is 12.9. The fraction of sp³-hybridized carbons (Fsp3) is 0.182. The molecule has 17 heavy (non-hydrogen) atoms. The van der Waals surface area contributed by atoms with Gasteiger partial charge in [-0.2, -0.15) is 0 Å². The maximum absolute atomic E-state index is 9.04. The van der Waals surface area contributed by atoms with Gasteiger partial charge < -0.3 is 15.9 Å². The number of nitrogens with zero attached hydrogens (tertiary/aromatic N) is 3. The third-order valence-corrected chi connectivity index (χ3v) is 1.88. The zero-order valence-corrected chi connectivity index (χ0v) is 9.19. The SMILES string of the molecule is NCCc1ccc(O)c(O)c1.c1cnnnc1. The molecule has 1 aromatic carbocycles. The predicted molar refractivity (Wildman–Crippen MR) is 62.4 cm³/mol. The van der Waals surface area contributed by atoms with Crippen LogP contribution in [0.25, 0.3) is 0 Å². The number of phenolic OH excluding ortho intramolecular Hbond substituents is 2. The number of aromatic hydroxyl groups is 2. The third-order valence-electron chi connectivity index (χ3n) is 1.88. The molecule has 0 unspecified atom stereocenters. The van der Waals surface area contributed by atoms with Crippen molar-refractivity contribution in [3.05, 3.63) is 42.2 Å². The Hall–Kier alpha value is -2.21. The molecule has 0 radical (unpaired) electrons. The van der Waals surface area contributed by atoms with Crippen molar-refractivity contribution in [2.24, 2.45) is 5.73 Å². The minimum absolute atomic E-state index is 0.0871. The van der Waals surface area contributed by atoms with Gasteiger partial charge in [0.2, 0.25) is 0 Å². The summed E-state index contributed by atoms with van der Waals surface area (Å²) in [6.45, 7) is 0.546. The number of phenols is 2. The molecule has 0 spiro atoms. The van der Waals surface area contributed by atoms with Crippen molar-refractivity contribution < 1.29 is 10.2 Å². The van der Waals surface area contributed by atoms with Crippen LogP contribution in [0.5, 0.6) is 11.5 Å². The van der Waals surface area contributed by atoms with Gasteiger partial charge in [-0.05, 0) is 41.9 Å². The topological polar surface area (TPSA) is 105 Å². The molecular weight excluding hydrogens is 220 g/mol. The summed E-state index contributed by atoms with van der Waals surface area (Å²) in [4.78, 5) is 0. The minimum atomic E-state index is -0.0919. The highest BCUT2D eigenvalue weighted by atomic mass is 16.3. The normalized spacial score (nSPS) is 9.24. The van der Waals surface area contributed by atoms with E-state index < -0.39 is 0 Å². The smallest absolute Gasteiger partial charge is 0.157 e. The van der Waals surface area contributed by atoms with Crippen LogP contribution in [0.15, 0.2) is 36.7 Å². The van der Waals surface area contributed by atoms with E-state index in [1.54, 1.807) is 24.5 Å². The summed E-state index contributed by atoms with van der Waals surface area (Å²) in [6.07, 6.45) is 3.87. The largest absolute Gasteiger partial charge is 0.504 e. The average Bonchev–Trinajstić information content (AvgIpc) is 2.37. The minimum Gasteiger partial charge on any atom is -0.504 e. The highest BCUT2D eigenvalue weighted by Crippen LogP contribution is 2.24. The quantitative estimate of drug-likeness (QED) is 0.652. The fourth-order valence-corrected chi connectivity index (χ4v) is 1.10. The van der Waals surface area contributed by atoms with Gasteiger partial charge >= 0.3 is 0 Å². The molecule has 0 amide bonds. The number of hydrogen-bond acceptors (Lipinski definition) is 6. The van der Waals surface area contributed by atoms with E-state index in [-0.39, 0.29) is 11.5 Å². The maximum Gasteiger partial charge on any atom is 0.157 e. The van der Waals surface area contributed by atoms with Gasteiger partial charge in [0.1, 0.15) is 0 Å². The highest BCUT2D eigenvalue weighted by molar-refractivity contribution is 5.40. The summed E-state index contributed by atoms with van der Waals surface area (Å²) in [6, 6.07) is 6.43. The molecule has 0 aliphatic heterocycles. The Morgan fingerprint density at radius 3 is 2.18 bits per heavy atom. The molecule has 0 saturated heterocycles. The van der Waals surface area contributed by atoms with E-state index in [1.165, 1.54) is 12.1 Å². The summed E-state index contributed by atoms with van der Waals surface area (Å²) < 4.78 is 0. The number of nitrogens with two attached hydrogens (primary N) is 1. The lowest BCUT2D eigenvalue weighted by molar-refractivity contribution is 0.403. The van der Waals surface area contributed by atoms with E-state index >= 15 is 0 Å². The zero-order chi connectivity index (χ0) is 12.5. The van der Waals surface area contributed by atoms with Crippen LogP contribution in [0, 0.1) is 0 Å². The molecule has 1 aromatic heterocycles. The van der Waals surface area contributed by atoms with Gasteiger partial charge in [-0.15, -0.1) is 10.2 Å². The second-order valence-corrected chi connectivity index (χ2v) is 3.17. The zero-order valence-electron chi connectivity index (χ0n) is 9.19. The summed E-state index contributed by atoms with van der Waals surface area (Å²) in [7, 11) is 0. The van der Waals surface area contributed by atoms with E-state index in [9.17, 15) is 0 Å². The molecule has 0 atom stereocenters. The monoisotopic (exact) mass is 234 g/mol. The van der Waals surface area contributed by atoms with Crippen LogP contribution in [-0.2, 0) is 6.42 Å². The van der Waals surface area contributed by atoms with E-state index in [1.807, 2.05) is 0 Å². The molecule has 6 nitrogen and oxygen atoms in total. The van der Waals surface area contributed by atoms with E-state index in [2.05, 4.69) is 15.4 Å². The number of benzene rings is 1. The molecule has 2 rings (SSSR count). The lowest BCUT2D eigenvalue weighted by Gasteiger charge is -2.00. The second-order valence-electron chi connectivity index (χ2n) is 3.17. The van der Waals surface area contributed by atoms with Crippen molar-refractivity contribution in [1.82, 2.24) is 15.4 Å². The number of aromatic nitrogens is 3. The number of rotatable bonds is 2. The Labute approximate surface area is 98.7 Å². The molecule has 2 aromatic rings. The van der Waals surface area contributed by atoms with Crippen LogP contribution in [0.1, 0.15) is 5.56 Å². The lowest BCUT2D eigenvalue weighted by Crippen LogP contribution is -2.02. The van der Waals surface area contributed by atoms with E-state index in [4.69, 9.17) is 15.9 Å². The van der Waals surface area contributed by atoms with E-state index in [0.717, 1.165) is 5.56 Å².